The van der Waals surface area contributed by atoms with Crippen LogP contribution in [-0.2, 0) is 7.05 Å². The monoisotopic (exact) mass is 211 g/mol. The van der Waals surface area contributed by atoms with Crippen LogP contribution in [0.3, 0.4) is 0 Å². The average Bonchev–Trinajstić information content (AvgIpc) is 2.44. The van der Waals surface area contributed by atoms with E-state index in [1.165, 1.54) is 0 Å². The van der Waals surface area contributed by atoms with Crippen molar-refractivity contribution in [2.75, 3.05) is 6.54 Å². The highest BCUT2D eigenvalue weighted by Crippen LogP contribution is 2.03. The van der Waals surface area contributed by atoms with Crippen molar-refractivity contribution in [3.8, 4) is 0 Å². The summed E-state index contributed by atoms with van der Waals surface area (Å²) in [6, 6.07) is 0. The van der Waals surface area contributed by atoms with E-state index in [2.05, 4.69) is 10.4 Å². The van der Waals surface area contributed by atoms with E-state index in [1.807, 2.05) is 0 Å². The first kappa shape index (κ1) is 11.7. The molecule has 0 bridgehead atoms. The minimum Gasteiger partial charge on any atom is -0.393 e. The van der Waals surface area contributed by atoms with Crippen molar-refractivity contribution in [1.29, 1.82) is 0 Å². The van der Waals surface area contributed by atoms with Crippen molar-refractivity contribution in [1.82, 2.24) is 15.1 Å². The molecule has 1 rings (SSSR count). The van der Waals surface area contributed by atoms with Gasteiger partial charge in [-0.25, -0.2) is 0 Å². The van der Waals surface area contributed by atoms with E-state index >= 15 is 0 Å². The molecule has 0 aliphatic carbocycles. The number of hydrogen-bond donors (Lipinski definition) is 2. The summed E-state index contributed by atoms with van der Waals surface area (Å²) in [5.41, 5.74) is 1.30. The first-order chi connectivity index (χ1) is 7.00. The average molecular weight is 211 g/mol. The van der Waals surface area contributed by atoms with Crippen LogP contribution in [0.2, 0.25) is 0 Å². The van der Waals surface area contributed by atoms with Gasteiger partial charge < -0.3 is 10.4 Å². The molecule has 0 radical (unpaired) electrons. The number of amides is 1. The third-order valence-electron chi connectivity index (χ3n) is 2.11. The number of hydrogen-bond acceptors (Lipinski definition) is 3. The Balaban J connectivity index is 2.50. The lowest BCUT2D eigenvalue weighted by atomic mass is 10.2. The smallest absolute Gasteiger partial charge is 0.254 e. The van der Waals surface area contributed by atoms with Crippen LogP contribution in [0.4, 0.5) is 0 Å². The summed E-state index contributed by atoms with van der Waals surface area (Å²) in [4.78, 5) is 11.6. The van der Waals surface area contributed by atoms with Crippen LogP contribution in [0.1, 0.15) is 29.4 Å². The first-order valence-corrected chi connectivity index (χ1v) is 4.97. The van der Waals surface area contributed by atoms with Crippen LogP contribution in [-0.4, -0.2) is 33.4 Å². The topological polar surface area (TPSA) is 67.2 Å². The second-order valence-corrected chi connectivity index (χ2v) is 3.70. The van der Waals surface area contributed by atoms with Gasteiger partial charge in [0.05, 0.1) is 17.4 Å². The van der Waals surface area contributed by atoms with Gasteiger partial charge >= 0.3 is 0 Å². The number of aliphatic hydroxyl groups excluding tert-OH is 1. The van der Waals surface area contributed by atoms with Crippen molar-refractivity contribution in [3.63, 3.8) is 0 Å². The van der Waals surface area contributed by atoms with E-state index < -0.39 is 0 Å². The van der Waals surface area contributed by atoms with Gasteiger partial charge in [0.25, 0.3) is 5.91 Å². The van der Waals surface area contributed by atoms with E-state index in [0.29, 0.717) is 24.2 Å². The van der Waals surface area contributed by atoms with Gasteiger partial charge in [-0.1, -0.05) is 0 Å². The number of rotatable bonds is 4. The quantitative estimate of drug-likeness (QED) is 0.749. The molecular weight excluding hydrogens is 194 g/mol. The van der Waals surface area contributed by atoms with Gasteiger partial charge in [0.1, 0.15) is 0 Å². The molecule has 1 amide bonds. The molecule has 1 atom stereocenters. The van der Waals surface area contributed by atoms with Crippen LogP contribution in [0.15, 0.2) is 6.20 Å². The molecule has 5 heteroatoms. The standard InChI is InChI=1S/C10H17N3O2/c1-7(14)4-5-11-10(15)9-6-13(3)12-8(9)2/h6-7,14H,4-5H2,1-3H3,(H,11,15). The summed E-state index contributed by atoms with van der Waals surface area (Å²) in [5, 5.41) is 15.8. The second kappa shape index (κ2) is 4.93. The van der Waals surface area contributed by atoms with Crippen molar-refractivity contribution < 1.29 is 9.90 Å². The van der Waals surface area contributed by atoms with Crippen molar-refractivity contribution >= 4 is 5.91 Å². The highest BCUT2D eigenvalue weighted by atomic mass is 16.3. The Kier molecular flexibility index (Phi) is 3.85. The van der Waals surface area contributed by atoms with Crippen LogP contribution >= 0.6 is 0 Å². The van der Waals surface area contributed by atoms with E-state index in [9.17, 15) is 4.79 Å². The summed E-state index contributed by atoms with van der Waals surface area (Å²) in [5.74, 6) is -0.138. The van der Waals surface area contributed by atoms with Crippen molar-refractivity contribution in [2.45, 2.75) is 26.4 Å². The summed E-state index contributed by atoms with van der Waals surface area (Å²) in [7, 11) is 1.78. The molecular formula is C10H17N3O2. The third-order valence-corrected chi connectivity index (χ3v) is 2.11. The summed E-state index contributed by atoms with van der Waals surface area (Å²) >= 11 is 0. The number of nitrogens with one attached hydrogen (secondary N) is 1. The lowest BCUT2D eigenvalue weighted by Gasteiger charge is -2.05. The van der Waals surface area contributed by atoms with Crippen molar-refractivity contribution in [3.05, 3.63) is 17.5 Å². The predicted octanol–water partition coefficient (Wildman–Crippen LogP) is 0.229. The van der Waals surface area contributed by atoms with Crippen LogP contribution in [0.5, 0.6) is 0 Å². The number of aromatic nitrogens is 2. The van der Waals surface area contributed by atoms with Crippen LogP contribution in [0.25, 0.3) is 0 Å². The molecule has 84 valence electrons. The fourth-order valence-corrected chi connectivity index (χ4v) is 1.31. The highest BCUT2D eigenvalue weighted by molar-refractivity contribution is 5.94. The van der Waals surface area contributed by atoms with Gasteiger partial charge in [-0.15, -0.1) is 0 Å². The molecule has 1 aromatic rings. The molecule has 0 aliphatic heterocycles. The molecule has 2 N–H and O–H groups in total. The zero-order chi connectivity index (χ0) is 11.4. The Morgan fingerprint density at radius 2 is 2.40 bits per heavy atom. The molecule has 0 spiro atoms. The lowest BCUT2D eigenvalue weighted by molar-refractivity contribution is 0.0945. The molecule has 0 saturated carbocycles. The fraction of sp³-hybridized carbons (Fsp3) is 0.600. The van der Waals surface area contributed by atoms with Crippen molar-refractivity contribution in [2.24, 2.45) is 7.05 Å². The van der Waals surface area contributed by atoms with Gasteiger partial charge in [-0.2, -0.15) is 5.10 Å². The molecule has 1 aromatic heterocycles. The molecule has 15 heavy (non-hydrogen) atoms. The van der Waals surface area contributed by atoms with E-state index in [-0.39, 0.29) is 12.0 Å². The number of carbonyl (C=O) groups excluding carboxylic acids is 1. The number of carbonyl (C=O) groups is 1. The van der Waals surface area contributed by atoms with Gasteiger partial charge in [0.2, 0.25) is 0 Å². The minimum absolute atomic E-state index is 0.138. The second-order valence-electron chi connectivity index (χ2n) is 3.70. The maximum Gasteiger partial charge on any atom is 0.254 e. The Morgan fingerprint density at radius 1 is 1.73 bits per heavy atom. The maximum absolute atomic E-state index is 11.6. The summed E-state index contributed by atoms with van der Waals surface area (Å²) < 4.78 is 1.61. The molecule has 5 nitrogen and oxygen atoms in total. The summed E-state index contributed by atoms with van der Waals surface area (Å²) in [6.07, 6.45) is 1.86. The Labute approximate surface area is 89.1 Å². The molecule has 1 heterocycles. The number of nitrogens with zero attached hydrogens (tertiary/aromatic N) is 2. The minimum atomic E-state index is -0.389. The fourth-order valence-electron chi connectivity index (χ4n) is 1.31. The molecule has 0 fully saturated rings. The molecule has 0 aromatic carbocycles. The molecule has 1 unspecified atom stereocenters. The Morgan fingerprint density at radius 3 is 2.87 bits per heavy atom. The van der Waals surface area contributed by atoms with Gasteiger partial charge in [-0.05, 0) is 20.3 Å². The largest absolute Gasteiger partial charge is 0.393 e. The van der Waals surface area contributed by atoms with Crippen LogP contribution < -0.4 is 5.32 Å². The SMILES string of the molecule is Cc1nn(C)cc1C(=O)NCCC(C)O. The first-order valence-electron chi connectivity index (χ1n) is 4.97. The number of aryl methyl sites for hydroxylation is 2. The van der Waals surface area contributed by atoms with Gasteiger partial charge in [0.15, 0.2) is 0 Å². The van der Waals surface area contributed by atoms with Gasteiger partial charge in [0, 0.05) is 19.8 Å². The third kappa shape index (κ3) is 3.36. The number of aliphatic hydroxyl groups is 1. The maximum atomic E-state index is 11.6. The van der Waals surface area contributed by atoms with E-state index in [4.69, 9.17) is 5.11 Å². The molecule has 0 saturated heterocycles. The van der Waals surface area contributed by atoms with E-state index in [0.717, 1.165) is 0 Å². The highest BCUT2D eigenvalue weighted by Gasteiger charge is 2.11. The molecule has 0 aliphatic rings. The Bertz CT molecular complexity index is 344. The Hall–Kier alpha value is -1.36. The predicted molar refractivity (Wildman–Crippen MR) is 56.6 cm³/mol. The normalized spacial score (nSPS) is 12.5. The lowest BCUT2D eigenvalue weighted by Crippen LogP contribution is -2.26. The summed E-state index contributed by atoms with van der Waals surface area (Å²) in [6.45, 7) is 3.97. The van der Waals surface area contributed by atoms with Crippen LogP contribution in [0, 0.1) is 6.92 Å². The van der Waals surface area contributed by atoms with Gasteiger partial charge in [-0.3, -0.25) is 9.48 Å². The zero-order valence-corrected chi connectivity index (χ0v) is 9.32. The van der Waals surface area contributed by atoms with E-state index in [1.54, 1.807) is 31.8 Å². The zero-order valence-electron chi connectivity index (χ0n) is 9.32.